The molecule has 0 saturated heterocycles. The fourth-order valence-electron chi connectivity index (χ4n) is 2.00. The molecular weight excluding hydrogens is 380 g/mol. The highest BCUT2D eigenvalue weighted by Gasteiger charge is 2.31. The molecule has 7 nitrogen and oxygen atoms in total. The summed E-state index contributed by atoms with van der Waals surface area (Å²) in [5, 5.41) is 3.02. The Bertz CT molecular complexity index is 719. The predicted molar refractivity (Wildman–Crippen MR) is 99.3 cm³/mol. The molecule has 0 fully saturated rings. The zero-order valence-electron chi connectivity index (χ0n) is 15.3. The van der Waals surface area contributed by atoms with Crippen molar-refractivity contribution in [3.63, 3.8) is 0 Å². The van der Waals surface area contributed by atoms with Gasteiger partial charge in [0, 0.05) is 11.6 Å². The van der Waals surface area contributed by atoms with Crippen LogP contribution in [0.15, 0.2) is 29.2 Å². The van der Waals surface area contributed by atoms with Gasteiger partial charge in [0.05, 0.1) is 4.90 Å². The number of halogens is 1. The van der Waals surface area contributed by atoms with Crippen LogP contribution in [0.5, 0.6) is 0 Å². The Morgan fingerprint density at radius 1 is 1.15 bits per heavy atom. The number of sulfonamides is 1. The van der Waals surface area contributed by atoms with Gasteiger partial charge in [0.2, 0.25) is 10.0 Å². The normalized spacial score (nSPS) is 13.9. The number of esters is 1. The summed E-state index contributed by atoms with van der Waals surface area (Å²) >= 11 is 5.76. The van der Waals surface area contributed by atoms with Crippen molar-refractivity contribution in [2.75, 3.05) is 6.54 Å². The Balaban J connectivity index is 2.86. The van der Waals surface area contributed by atoms with Crippen LogP contribution in [0.1, 0.15) is 34.1 Å². The van der Waals surface area contributed by atoms with Crippen LogP contribution in [-0.2, 0) is 24.3 Å². The SMILES string of the molecule is CCCNC(=O)[C@H](C)OC(=O)[C@@H](NS(=O)(=O)c1ccc(Cl)cc1)C(C)C. The minimum atomic E-state index is -3.95. The van der Waals surface area contributed by atoms with Gasteiger partial charge in [-0.05, 0) is 43.5 Å². The fourth-order valence-corrected chi connectivity index (χ4v) is 3.46. The first-order chi connectivity index (χ1) is 12.1. The van der Waals surface area contributed by atoms with E-state index >= 15 is 0 Å². The summed E-state index contributed by atoms with van der Waals surface area (Å²) in [6.07, 6.45) is -0.266. The average molecular weight is 405 g/mol. The first-order valence-electron chi connectivity index (χ1n) is 8.34. The van der Waals surface area contributed by atoms with Gasteiger partial charge in [-0.25, -0.2) is 8.42 Å². The van der Waals surface area contributed by atoms with Crippen molar-refractivity contribution < 1.29 is 22.7 Å². The number of ether oxygens (including phenoxy) is 1. The van der Waals surface area contributed by atoms with Crippen molar-refractivity contribution in [3.05, 3.63) is 29.3 Å². The van der Waals surface area contributed by atoms with Gasteiger partial charge in [-0.1, -0.05) is 32.4 Å². The van der Waals surface area contributed by atoms with Crippen LogP contribution < -0.4 is 10.0 Å². The van der Waals surface area contributed by atoms with Crippen LogP contribution in [0.2, 0.25) is 5.02 Å². The summed E-state index contributed by atoms with van der Waals surface area (Å²) < 4.78 is 32.4. The predicted octanol–water partition coefficient (Wildman–Crippen LogP) is 2.10. The highest BCUT2D eigenvalue weighted by Crippen LogP contribution is 2.16. The molecule has 0 unspecified atom stereocenters. The Morgan fingerprint density at radius 3 is 2.23 bits per heavy atom. The largest absolute Gasteiger partial charge is 0.451 e. The molecule has 0 saturated carbocycles. The van der Waals surface area contributed by atoms with Gasteiger partial charge in [-0.2, -0.15) is 4.72 Å². The Hall–Kier alpha value is -1.64. The second-order valence-corrected chi connectivity index (χ2v) is 8.32. The molecule has 0 bridgehead atoms. The smallest absolute Gasteiger partial charge is 0.325 e. The summed E-state index contributed by atoms with van der Waals surface area (Å²) in [5.41, 5.74) is 0. The van der Waals surface area contributed by atoms with Gasteiger partial charge in [0.15, 0.2) is 6.10 Å². The van der Waals surface area contributed by atoms with Gasteiger partial charge in [0.1, 0.15) is 6.04 Å². The quantitative estimate of drug-likeness (QED) is 0.613. The first-order valence-corrected chi connectivity index (χ1v) is 10.2. The molecule has 0 radical (unpaired) electrons. The first kappa shape index (κ1) is 22.4. The summed E-state index contributed by atoms with van der Waals surface area (Å²) in [6.45, 7) is 7.17. The molecule has 0 spiro atoms. The van der Waals surface area contributed by atoms with E-state index in [0.29, 0.717) is 11.6 Å². The molecule has 1 rings (SSSR count). The van der Waals surface area contributed by atoms with Crippen LogP contribution in [0.4, 0.5) is 0 Å². The Morgan fingerprint density at radius 2 is 1.73 bits per heavy atom. The summed E-state index contributed by atoms with van der Waals surface area (Å²) in [5.74, 6) is -1.62. The maximum atomic E-state index is 12.5. The molecule has 2 atom stereocenters. The maximum Gasteiger partial charge on any atom is 0.325 e. The molecule has 26 heavy (non-hydrogen) atoms. The number of carbonyl (C=O) groups excluding carboxylic acids is 2. The van der Waals surface area contributed by atoms with Gasteiger partial charge in [0.25, 0.3) is 5.91 Å². The highest BCUT2D eigenvalue weighted by atomic mass is 35.5. The van der Waals surface area contributed by atoms with Crippen molar-refractivity contribution in [1.82, 2.24) is 10.0 Å². The minimum Gasteiger partial charge on any atom is -0.451 e. The fraction of sp³-hybridized carbons (Fsp3) is 0.529. The van der Waals surface area contributed by atoms with Crippen LogP contribution in [0, 0.1) is 5.92 Å². The van der Waals surface area contributed by atoms with Gasteiger partial charge in [-0.15, -0.1) is 0 Å². The van der Waals surface area contributed by atoms with Crippen molar-refractivity contribution >= 4 is 33.5 Å². The molecular formula is C17H25ClN2O5S. The molecule has 0 aliphatic rings. The number of nitrogens with one attached hydrogen (secondary N) is 2. The third-order valence-electron chi connectivity index (χ3n) is 3.54. The van der Waals surface area contributed by atoms with E-state index in [-0.39, 0.29) is 10.8 Å². The number of benzene rings is 1. The zero-order chi connectivity index (χ0) is 19.9. The molecule has 0 aromatic heterocycles. The third-order valence-corrected chi connectivity index (χ3v) is 5.25. The molecule has 0 aliphatic heterocycles. The van der Waals surface area contributed by atoms with E-state index in [2.05, 4.69) is 10.0 Å². The van der Waals surface area contributed by atoms with Crippen LogP contribution in [0.25, 0.3) is 0 Å². The lowest BCUT2D eigenvalue weighted by molar-refractivity contribution is -0.157. The summed E-state index contributed by atoms with van der Waals surface area (Å²) in [7, 11) is -3.95. The second-order valence-electron chi connectivity index (χ2n) is 6.17. The molecule has 1 aromatic carbocycles. The monoisotopic (exact) mass is 404 g/mol. The Labute approximate surface area is 159 Å². The molecule has 1 aromatic rings. The number of hydrogen-bond donors (Lipinski definition) is 2. The lowest BCUT2D eigenvalue weighted by Gasteiger charge is -2.22. The third kappa shape index (κ3) is 6.59. The van der Waals surface area contributed by atoms with Gasteiger partial charge < -0.3 is 10.1 Å². The summed E-state index contributed by atoms with van der Waals surface area (Å²) in [4.78, 5) is 24.2. The lowest BCUT2D eigenvalue weighted by atomic mass is 10.1. The standard InChI is InChI=1S/C17H25ClN2O5S/c1-5-10-19-16(21)12(4)25-17(22)15(11(2)3)20-26(23,24)14-8-6-13(18)7-9-14/h6-9,11-12,15,20H,5,10H2,1-4H3,(H,19,21)/t12-,15-/m0/s1. The van der Waals surface area contributed by atoms with Crippen molar-refractivity contribution in [2.24, 2.45) is 5.92 Å². The number of hydrogen-bond acceptors (Lipinski definition) is 5. The van der Waals surface area contributed by atoms with Crippen molar-refractivity contribution in [1.29, 1.82) is 0 Å². The van der Waals surface area contributed by atoms with Crippen molar-refractivity contribution in [2.45, 2.75) is 51.2 Å². The highest BCUT2D eigenvalue weighted by molar-refractivity contribution is 7.89. The average Bonchev–Trinajstić information content (AvgIpc) is 2.57. The van der Waals surface area contributed by atoms with Crippen molar-refractivity contribution in [3.8, 4) is 0 Å². The molecule has 0 aliphatic carbocycles. The summed E-state index contributed by atoms with van der Waals surface area (Å²) in [6, 6.07) is 4.44. The molecule has 1 amide bonds. The topological polar surface area (TPSA) is 102 Å². The maximum absolute atomic E-state index is 12.5. The number of rotatable bonds is 9. The zero-order valence-corrected chi connectivity index (χ0v) is 16.9. The molecule has 2 N–H and O–H groups in total. The Kier molecular flexibility index (Phi) is 8.52. The van der Waals surface area contributed by atoms with E-state index in [9.17, 15) is 18.0 Å². The van der Waals surface area contributed by atoms with Gasteiger partial charge >= 0.3 is 5.97 Å². The second kappa shape index (κ2) is 9.89. The molecule has 0 heterocycles. The molecule has 9 heteroatoms. The number of amides is 1. The minimum absolute atomic E-state index is 0.0194. The van der Waals surface area contributed by atoms with E-state index in [4.69, 9.17) is 16.3 Å². The van der Waals surface area contributed by atoms with Crippen LogP contribution in [0.3, 0.4) is 0 Å². The van der Waals surface area contributed by atoms with E-state index in [1.807, 2.05) is 6.92 Å². The molecule has 146 valence electrons. The van der Waals surface area contributed by atoms with E-state index in [0.717, 1.165) is 6.42 Å². The van der Waals surface area contributed by atoms with Gasteiger partial charge in [-0.3, -0.25) is 9.59 Å². The van der Waals surface area contributed by atoms with Crippen LogP contribution >= 0.6 is 11.6 Å². The van der Waals surface area contributed by atoms with E-state index in [1.165, 1.54) is 31.2 Å². The lowest BCUT2D eigenvalue weighted by Crippen LogP contribution is -2.47. The van der Waals surface area contributed by atoms with E-state index < -0.39 is 34.0 Å². The van der Waals surface area contributed by atoms with E-state index in [1.54, 1.807) is 13.8 Å². The van der Waals surface area contributed by atoms with Crippen LogP contribution in [-0.4, -0.2) is 39.0 Å². The number of carbonyl (C=O) groups is 2.